The SMILES string of the molecule is CCC([C]=O)Oc1ccc(C=O)cc1OC. The summed E-state index contributed by atoms with van der Waals surface area (Å²) < 4.78 is 10.4. The predicted octanol–water partition coefficient (Wildman–Crippen LogP) is 1.77. The van der Waals surface area contributed by atoms with Gasteiger partial charge in [0.05, 0.1) is 7.11 Å². The quantitative estimate of drug-likeness (QED) is 0.687. The molecule has 16 heavy (non-hydrogen) atoms. The van der Waals surface area contributed by atoms with Crippen LogP contribution >= 0.6 is 0 Å². The lowest BCUT2D eigenvalue weighted by atomic mass is 10.2. The molecule has 0 aromatic heterocycles. The summed E-state index contributed by atoms with van der Waals surface area (Å²) >= 11 is 0. The Morgan fingerprint density at radius 1 is 1.44 bits per heavy atom. The molecule has 0 aliphatic heterocycles. The summed E-state index contributed by atoms with van der Waals surface area (Å²) in [5, 5.41) is 0. The highest BCUT2D eigenvalue weighted by molar-refractivity contribution is 5.76. The van der Waals surface area contributed by atoms with Crippen LogP contribution in [-0.2, 0) is 4.79 Å². The van der Waals surface area contributed by atoms with Crippen molar-refractivity contribution in [1.29, 1.82) is 0 Å². The maximum absolute atomic E-state index is 10.6. The second-order valence-corrected chi connectivity index (χ2v) is 3.16. The van der Waals surface area contributed by atoms with E-state index in [1.165, 1.54) is 7.11 Å². The second-order valence-electron chi connectivity index (χ2n) is 3.16. The van der Waals surface area contributed by atoms with E-state index in [9.17, 15) is 9.59 Å². The highest BCUT2D eigenvalue weighted by atomic mass is 16.5. The van der Waals surface area contributed by atoms with E-state index >= 15 is 0 Å². The third kappa shape index (κ3) is 2.82. The maximum atomic E-state index is 10.6. The van der Waals surface area contributed by atoms with Gasteiger partial charge < -0.3 is 9.47 Å². The van der Waals surface area contributed by atoms with Gasteiger partial charge in [0.1, 0.15) is 6.29 Å². The van der Waals surface area contributed by atoms with E-state index in [0.29, 0.717) is 23.5 Å². The fourth-order valence-electron chi connectivity index (χ4n) is 1.20. The van der Waals surface area contributed by atoms with Gasteiger partial charge in [0.15, 0.2) is 17.6 Å². The molecule has 0 fully saturated rings. The first kappa shape index (κ1) is 12.2. The maximum Gasteiger partial charge on any atom is 0.242 e. The first-order chi connectivity index (χ1) is 7.74. The van der Waals surface area contributed by atoms with Crippen LogP contribution in [0.5, 0.6) is 11.5 Å². The van der Waals surface area contributed by atoms with Crippen LogP contribution in [0.2, 0.25) is 0 Å². The van der Waals surface area contributed by atoms with Crippen molar-refractivity contribution in [2.75, 3.05) is 7.11 Å². The van der Waals surface area contributed by atoms with Crippen molar-refractivity contribution in [2.24, 2.45) is 0 Å². The van der Waals surface area contributed by atoms with E-state index in [0.717, 1.165) is 6.29 Å². The van der Waals surface area contributed by atoms with Crippen LogP contribution in [0.25, 0.3) is 0 Å². The fraction of sp³-hybridized carbons (Fsp3) is 0.333. The predicted molar refractivity (Wildman–Crippen MR) is 58.8 cm³/mol. The summed E-state index contributed by atoms with van der Waals surface area (Å²) in [5.41, 5.74) is 0.493. The summed E-state index contributed by atoms with van der Waals surface area (Å²) in [6.07, 6.45) is 2.42. The van der Waals surface area contributed by atoms with Crippen molar-refractivity contribution in [2.45, 2.75) is 19.4 Å². The van der Waals surface area contributed by atoms with Crippen LogP contribution in [-0.4, -0.2) is 25.8 Å². The van der Waals surface area contributed by atoms with E-state index in [-0.39, 0.29) is 0 Å². The minimum absolute atomic E-state index is 0.429. The molecule has 0 heterocycles. The van der Waals surface area contributed by atoms with Gasteiger partial charge in [0.2, 0.25) is 6.29 Å². The number of aldehydes is 1. The number of carbonyl (C=O) groups is 1. The largest absolute Gasteiger partial charge is 0.493 e. The highest BCUT2D eigenvalue weighted by Gasteiger charge is 2.11. The molecule has 1 aromatic rings. The van der Waals surface area contributed by atoms with Crippen LogP contribution in [0.15, 0.2) is 18.2 Å². The number of ether oxygens (including phenoxy) is 2. The van der Waals surface area contributed by atoms with Crippen LogP contribution in [0.3, 0.4) is 0 Å². The van der Waals surface area contributed by atoms with E-state index in [1.807, 2.05) is 6.92 Å². The topological polar surface area (TPSA) is 52.6 Å². The van der Waals surface area contributed by atoms with Gasteiger partial charge in [-0.1, -0.05) is 6.92 Å². The first-order valence-corrected chi connectivity index (χ1v) is 4.92. The van der Waals surface area contributed by atoms with Crippen LogP contribution in [0, 0.1) is 0 Å². The average Bonchev–Trinajstić information content (AvgIpc) is 2.35. The van der Waals surface area contributed by atoms with E-state index in [1.54, 1.807) is 24.5 Å². The molecule has 1 aromatic carbocycles. The van der Waals surface area contributed by atoms with Gasteiger partial charge in [0.25, 0.3) is 0 Å². The van der Waals surface area contributed by atoms with Crippen molar-refractivity contribution in [3.63, 3.8) is 0 Å². The van der Waals surface area contributed by atoms with E-state index in [4.69, 9.17) is 9.47 Å². The molecule has 0 amide bonds. The molecule has 1 unspecified atom stereocenters. The molecular formula is C12H13O4. The van der Waals surface area contributed by atoms with Gasteiger partial charge in [-0.15, -0.1) is 0 Å². The lowest BCUT2D eigenvalue weighted by Crippen LogP contribution is -2.16. The molecule has 85 valence electrons. The first-order valence-electron chi connectivity index (χ1n) is 4.92. The smallest absolute Gasteiger partial charge is 0.242 e. The minimum atomic E-state index is -0.615. The van der Waals surface area contributed by atoms with Crippen LogP contribution in [0.1, 0.15) is 23.7 Å². The number of carbonyl (C=O) groups excluding carboxylic acids is 2. The van der Waals surface area contributed by atoms with E-state index in [2.05, 4.69) is 0 Å². The highest BCUT2D eigenvalue weighted by Crippen LogP contribution is 2.28. The Labute approximate surface area is 94.2 Å². The molecule has 0 spiro atoms. The molecule has 1 atom stereocenters. The molecule has 0 saturated heterocycles. The summed E-state index contributed by atoms with van der Waals surface area (Å²) in [5.74, 6) is 0.863. The van der Waals surface area contributed by atoms with Gasteiger partial charge >= 0.3 is 0 Å². The summed E-state index contributed by atoms with van der Waals surface area (Å²) in [6, 6.07) is 4.75. The molecule has 4 nitrogen and oxygen atoms in total. The number of hydrogen-bond donors (Lipinski definition) is 0. The zero-order valence-electron chi connectivity index (χ0n) is 9.23. The minimum Gasteiger partial charge on any atom is -0.493 e. The standard InChI is InChI=1S/C12H13O4/c1-3-10(8-14)16-11-5-4-9(7-13)6-12(11)15-2/h4-7,10H,3H2,1-2H3. The summed E-state index contributed by atoms with van der Waals surface area (Å²) in [7, 11) is 1.47. The lowest BCUT2D eigenvalue weighted by molar-refractivity contribution is 0.112. The number of hydrogen-bond acceptors (Lipinski definition) is 4. The second kappa shape index (κ2) is 5.90. The molecule has 0 aliphatic rings. The zero-order chi connectivity index (χ0) is 12.0. The van der Waals surface area contributed by atoms with Crippen molar-refractivity contribution < 1.29 is 19.1 Å². The monoisotopic (exact) mass is 221 g/mol. The summed E-state index contributed by atoms with van der Waals surface area (Å²) in [6.45, 7) is 1.82. The van der Waals surface area contributed by atoms with Crippen molar-refractivity contribution in [3.8, 4) is 11.5 Å². The Morgan fingerprint density at radius 2 is 2.19 bits per heavy atom. The summed E-state index contributed by atoms with van der Waals surface area (Å²) in [4.78, 5) is 21.1. The number of methoxy groups -OCH3 is 1. The Kier molecular flexibility index (Phi) is 4.51. The molecule has 0 saturated carbocycles. The molecule has 0 N–H and O–H groups in total. The zero-order valence-corrected chi connectivity index (χ0v) is 9.23. The molecule has 1 rings (SSSR count). The van der Waals surface area contributed by atoms with Crippen molar-refractivity contribution >= 4 is 12.6 Å². The van der Waals surface area contributed by atoms with Gasteiger partial charge in [-0.3, -0.25) is 9.59 Å². The Bertz CT molecular complexity index is 373. The number of rotatable bonds is 6. The van der Waals surface area contributed by atoms with Gasteiger partial charge in [0, 0.05) is 5.56 Å². The average molecular weight is 221 g/mol. The molecular weight excluding hydrogens is 208 g/mol. The van der Waals surface area contributed by atoms with Crippen LogP contribution in [0.4, 0.5) is 0 Å². The van der Waals surface area contributed by atoms with Crippen molar-refractivity contribution in [1.82, 2.24) is 0 Å². The Morgan fingerprint density at radius 3 is 2.69 bits per heavy atom. The fourth-order valence-corrected chi connectivity index (χ4v) is 1.20. The van der Waals surface area contributed by atoms with Gasteiger partial charge in [-0.2, -0.15) is 0 Å². The number of benzene rings is 1. The van der Waals surface area contributed by atoms with Crippen molar-refractivity contribution in [3.05, 3.63) is 23.8 Å². The Balaban J connectivity index is 2.94. The third-order valence-electron chi connectivity index (χ3n) is 2.10. The molecule has 1 radical (unpaired) electrons. The molecule has 4 heteroatoms. The molecule has 0 aliphatic carbocycles. The molecule has 0 bridgehead atoms. The van der Waals surface area contributed by atoms with E-state index < -0.39 is 6.10 Å². The Hall–Kier alpha value is -1.84. The lowest BCUT2D eigenvalue weighted by Gasteiger charge is -2.14. The van der Waals surface area contributed by atoms with Gasteiger partial charge in [-0.05, 0) is 24.6 Å². The van der Waals surface area contributed by atoms with Crippen LogP contribution < -0.4 is 9.47 Å². The van der Waals surface area contributed by atoms with Gasteiger partial charge in [-0.25, -0.2) is 0 Å². The normalized spacial score (nSPS) is 11.6. The third-order valence-corrected chi connectivity index (χ3v) is 2.10.